The summed E-state index contributed by atoms with van der Waals surface area (Å²) in [6.07, 6.45) is -0.124. The van der Waals surface area contributed by atoms with Crippen LogP contribution in [0.4, 0.5) is 14.6 Å². The smallest absolute Gasteiger partial charge is 0.279 e. The first kappa shape index (κ1) is 20.6. The second-order valence-electron chi connectivity index (χ2n) is 6.91. The van der Waals surface area contributed by atoms with Crippen molar-refractivity contribution in [3.05, 3.63) is 86.2 Å². The van der Waals surface area contributed by atoms with E-state index in [1.54, 1.807) is 17.7 Å². The van der Waals surface area contributed by atoms with Gasteiger partial charge in [-0.3, -0.25) is 9.59 Å². The Labute approximate surface area is 180 Å². The van der Waals surface area contributed by atoms with Crippen molar-refractivity contribution in [3.63, 3.8) is 0 Å². The van der Waals surface area contributed by atoms with E-state index in [0.717, 1.165) is 17.7 Å². The van der Waals surface area contributed by atoms with Gasteiger partial charge in [-0.25, -0.2) is 8.78 Å². The first-order valence-electron chi connectivity index (χ1n) is 9.06. The van der Waals surface area contributed by atoms with E-state index in [-0.39, 0.29) is 29.3 Å². The SMILES string of the molecule is Cn1c(SCc2cccc(Cl)c2)nc(=O)c2c1NC(=O)C[C@@H]2c1ccc(F)cc1F. The standard InChI is InChI=1S/C21H16ClF2N3O2S/c1-27-19-18(15(9-17(28)25-19)14-6-5-13(23)8-16(14)24)20(29)26-21(27)30-10-11-3-2-4-12(22)7-11/h2-8,15H,9-10H2,1H3,(H,25,28)/t15-/m1/s1. The summed E-state index contributed by atoms with van der Waals surface area (Å²) in [6, 6.07) is 10.4. The molecular weight excluding hydrogens is 432 g/mol. The summed E-state index contributed by atoms with van der Waals surface area (Å²) in [4.78, 5) is 29.3. The van der Waals surface area contributed by atoms with Crippen molar-refractivity contribution in [3.8, 4) is 0 Å². The van der Waals surface area contributed by atoms with Gasteiger partial charge in [0.05, 0.1) is 5.56 Å². The Morgan fingerprint density at radius 1 is 1.23 bits per heavy atom. The molecular formula is C21H16ClF2N3O2S. The monoisotopic (exact) mass is 447 g/mol. The molecule has 1 amide bonds. The van der Waals surface area contributed by atoms with Crippen LogP contribution in [0.2, 0.25) is 5.02 Å². The average molecular weight is 448 g/mol. The summed E-state index contributed by atoms with van der Waals surface area (Å²) in [5.74, 6) is -1.94. The van der Waals surface area contributed by atoms with Crippen LogP contribution in [0.3, 0.4) is 0 Å². The number of carbonyl (C=O) groups is 1. The van der Waals surface area contributed by atoms with Crippen LogP contribution < -0.4 is 10.9 Å². The number of anilines is 1. The van der Waals surface area contributed by atoms with Crippen molar-refractivity contribution in [1.82, 2.24) is 9.55 Å². The molecule has 0 bridgehead atoms. The Bertz CT molecular complexity index is 1220. The van der Waals surface area contributed by atoms with Gasteiger partial charge in [-0.2, -0.15) is 4.98 Å². The van der Waals surface area contributed by atoms with Crippen molar-refractivity contribution >= 4 is 35.1 Å². The second-order valence-corrected chi connectivity index (χ2v) is 8.29. The zero-order chi connectivity index (χ0) is 21.4. The Balaban J connectivity index is 1.74. The molecule has 1 aliphatic heterocycles. The molecule has 2 heterocycles. The van der Waals surface area contributed by atoms with E-state index in [4.69, 9.17) is 11.6 Å². The first-order chi connectivity index (χ1) is 14.3. The molecule has 0 saturated carbocycles. The molecule has 2 aromatic carbocycles. The molecule has 1 aromatic heterocycles. The predicted molar refractivity (Wildman–Crippen MR) is 112 cm³/mol. The average Bonchev–Trinajstić information content (AvgIpc) is 2.69. The second kappa shape index (κ2) is 8.20. The zero-order valence-electron chi connectivity index (χ0n) is 15.8. The lowest BCUT2D eigenvalue weighted by atomic mass is 9.86. The fourth-order valence-corrected chi connectivity index (χ4v) is 4.61. The van der Waals surface area contributed by atoms with Gasteiger partial charge in [-0.15, -0.1) is 0 Å². The van der Waals surface area contributed by atoms with Crippen molar-refractivity contribution in [2.45, 2.75) is 23.2 Å². The normalized spacial score (nSPS) is 15.6. The molecule has 0 saturated heterocycles. The van der Waals surface area contributed by atoms with Crippen LogP contribution in [-0.2, 0) is 17.6 Å². The van der Waals surface area contributed by atoms with Gasteiger partial charge in [0.2, 0.25) is 5.91 Å². The molecule has 1 N–H and O–H groups in total. The third-order valence-corrected chi connectivity index (χ3v) is 6.23. The summed E-state index contributed by atoms with van der Waals surface area (Å²) < 4.78 is 29.3. The van der Waals surface area contributed by atoms with Crippen molar-refractivity contribution < 1.29 is 13.6 Å². The molecule has 4 rings (SSSR count). The van der Waals surface area contributed by atoms with Crippen LogP contribution in [0.15, 0.2) is 52.4 Å². The molecule has 1 atom stereocenters. The van der Waals surface area contributed by atoms with Crippen LogP contribution in [0.25, 0.3) is 0 Å². The topological polar surface area (TPSA) is 64.0 Å². The van der Waals surface area contributed by atoms with Crippen LogP contribution in [0.1, 0.15) is 29.0 Å². The maximum Gasteiger partial charge on any atom is 0.279 e. The third kappa shape index (κ3) is 3.97. The lowest BCUT2D eigenvalue weighted by molar-refractivity contribution is -0.116. The van der Waals surface area contributed by atoms with E-state index in [0.29, 0.717) is 15.9 Å². The molecule has 30 heavy (non-hydrogen) atoms. The van der Waals surface area contributed by atoms with Gasteiger partial charge < -0.3 is 9.88 Å². The zero-order valence-corrected chi connectivity index (χ0v) is 17.4. The lowest BCUT2D eigenvalue weighted by Crippen LogP contribution is -2.33. The van der Waals surface area contributed by atoms with E-state index < -0.39 is 23.1 Å². The predicted octanol–water partition coefficient (Wildman–Crippen LogP) is 4.48. The number of amides is 1. The highest BCUT2D eigenvalue weighted by Crippen LogP contribution is 2.37. The van der Waals surface area contributed by atoms with Gasteiger partial charge in [0, 0.05) is 36.2 Å². The van der Waals surface area contributed by atoms with Crippen LogP contribution in [0.5, 0.6) is 0 Å². The largest absolute Gasteiger partial charge is 0.312 e. The molecule has 0 fully saturated rings. The van der Waals surface area contributed by atoms with Crippen LogP contribution in [-0.4, -0.2) is 15.5 Å². The van der Waals surface area contributed by atoms with Gasteiger partial charge in [-0.1, -0.05) is 41.6 Å². The number of hydrogen-bond acceptors (Lipinski definition) is 4. The maximum absolute atomic E-state index is 14.4. The van der Waals surface area contributed by atoms with Gasteiger partial charge >= 0.3 is 0 Å². The Hall–Kier alpha value is -2.71. The highest BCUT2D eigenvalue weighted by molar-refractivity contribution is 7.98. The van der Waals surface area contributed by atoms with Crippen molar-refractivity contribution in [2.75, 3.05) is 5.32 Å². The molecule has 1 aliphatic rings. The van der Waals surface area contributed by atoms with E-state index >= 15 is 0 Å². The number of rotatable bonds is 4. The molecule has 0 radical (unpaired) electrons. The van der Waals surface area contributed by atoms with E-state index in [1.807, 2.05) is 18.2 Å². The van der Waals surface area contributed by atoms with E-state index in [9.17, 15) is 18.4 Å². The molecule has 0 spiro atoms. The van der Waals surface area contributed by atoms with Crippen LogP contribution in [0, 0.1) is 11.6 Å². The maximum atomic E-state index is 14.4. The number of benzene rings is 2. The summed E-state index contributed by atoms with van der Waals surface area (Å²) in [5.41, 5.74) is 0.681. The third-order valence-electron chi connectivity index (χ3n) is 4.90. The van der Waals surface area contributed by atoms with Crippen molar-refractivity contribution in [1.29, 1.82) is 0 Å². The van der Waals surface area contributed by atoms with Gasteiger partial charge in [0.25, 0.3) is 5.56 Å². The minimum atomic E-state index is -0.840. The highest BCUT2D eigenvalue weighted by atomic mass is 35.5. The number of thioether (sulfide) groups is 1. The number of nitrogens with zero attached hydrogens (tertiary/aromatic N) is 2. The van der Waals surface area contributed by atoms with Gasteiger partial charge in [0.15, 0.2) is 5.16 Å². The van der Waals surface area contributed by atoms with Gasteiger partial charge in [0.1, 0.15) is 17.5 Å². The van der Waals surface area contributed by atoms with Crippen LogP contribution >= 0.6 is 23.4 Å². The van der Waals surface area contributed by atoms with E-state index in [2.05, 4.69) is 10.3 Å². The van der Waals surface area contributed by atoms with Gasteiger partial charge in [-0.05, 0) is 29.3 Å². The first-order valence-corrected chi connectivity index (χ1v) is 10.4. The molecule has 0 aliphatic carbocycles. The number of carbonyl (C=O) groups excluding carboxylic acids is 1. The number of hydrogen-bond donors (Lipinski definition) is 1. The van der Waals surface area contributed by atoms with Crippen molar-refractivity contribution in [2.24, 2.45) is 7.05 Å². The fourth-order valence-electron chi connectivity index (χ4n) is 3.49. The summed E-state index contributed by atoms with van der Waals surface area (Å²) in [6.45, 7) is 0. The Morgan fingerprint density at radius 3 is 2.77 bits per heavy atom. The Morgan fingerprint density at radius 2 is 2.03 bits per heavy atom. The van der Waals surface area contributed by atoms with E-state index in [1.165, 1.54) is 17.8 Å². The molecule has 9 heteroatoms. The Kier molecular flexibility index (Phi) is 5.62. The number of fused-ring (bicyclic) bond motifs is 1. The summed E-state index contributed by atoms with van der Waals surface area (Å²) in [7, 11) is 1.68. The molecule has 5 nitrogen and oxygen atoms in total. The number of halogens is 3. The molecule has 3 aromatic rings. The fraction of sp³-hybridized carbons (Fsp3) is 0.190. The molecule has 154 valence electrons. The number of nitrogens with one attached hydrogen (secondary N) is 1. The minimum Gasteiger partial charge on any atom is -0.312 e. The lowest BCUT2D eigenvalue weighted by Gasteiger charge is -2.27. The number of aromatic nitrogens is 2. The quantitative estimate of drug-likeness (QED) is 0.473. The summed E-state index contributed by atoms with van der Waals surface area (Å²) >= 11 is 7.33. The summed E-state index contributed by atoms with van der Waals surface area (Å²) in [5, 5.41) is 3.71. The minimum absolute atomic E-state index is 0.0886. The molecule has 0 unspecified atom stereocenters. The highest BCUT2D eigenvalue weighted by Gasteiger charge is 2.33.